The standard InChI is InChI=1S/C18H23N3O/c1-2-6-17-16(5-1)19-18(13-7-8-13)21(17)14-10-20(11-14)12-15-4-3-9-22-15/h1-2,5-6,13-15H,3-4,7-12H2. The first-order valence-corrected chi connectivity index (χ1v) is 8.69. The Morgan fingerprint density at radius 3 is 2.77 bits per heavy atom. The smallest absolute Gasteiger partial charge is 0.113 e. The van der Waals surface area contributed by atoms with E-state index in [1.807, 2.05) is 0 Å². The molecule has 1 aromatic heterocycles. The van der Waals surface area contributed by atoms with Gasteiger partial charge in [0, 0.05) is 32.2 Å². The summed E-state index contributed by atoms with van der Waals surface area (Å²) in [6.45, 7) is 4.38. The number of aromatic nitrogens is 2. The monoisotopic (exact) mass is 297 g/mol. The van der Waals surface area contributed by atoms with Gasteiger partial charge in [0.2, 0.25) is 0 Å². The van der Waals surface area contributed by atoms with Crippen molar-refractivity contribution >= 4 is 11.0 Å². The number of likely N-dealkylation sites (tertiary alicyclic amines) is 1. The Balaban J connectivity index is 1.37. The van der Waals surface area contributed by atoms with Gasteiger partial charge in [-0.15, -0.1) is 0 Å². The summed E-state index contributed by atoms with van der Waals surface area (Å²) in [6, 6.07) is 9.22. The van der Waals surface area contributed by atoms with Crippen LogP contribution in [0, 0.1) is 0 Å². The van der Waals surface area contributed by atoms with Gasteiger partial charge >= 0.3 is 0 Å². The van der Waals surface area contributed by atoms with E-state index in [0.717, 1.165) is 26.2 Å². The van der Waals surface area contributed by atoms with Crippen molar-refractivity contribution in [2.75, 3.05) is 26.2 Å². The third-order valence-electron chi connectivity index (χ3n) is 5.35. The lowest BCUT2D eigenvalue weighted by atomic mass is 10.1. The molecule has 2 saturated heterocycles. The molecule has 4 heteroatoms. The van der Waals surface area contributed by atoms with E-state index in [2.05, 4.69) is 33.7 Å². The second kappa shape index (κ2) is 5.07. The third kappa shape index (κ3) is 2.17. The summed E-state index contributed by atoms with van der Waals surface area (Å²) in [5.74, 6) is 2.04. The van der Waals surface area contributed by atoms with Crippen molar-refractivity contribution in [2.24, 2.45) is 0 Å². The van der Waals surface area contributed by atoms with Crippen molar-refractivity contribution in [3.8, 4) is 0 Å². The molecule has 4 nitrogen and oxygen atoms in total. The lowest BCUT2D eigenvalue weighted by molar-refractivity contribution is 0.0280. The molecule has 3 aliphatic rings. The maximum atomic E-state index is 5.77. The van der Waals surface area contributed by atoms with E-state index < -0.39 is 0 Å². The summed E-state index contributed by atoms with van der Waals surface area (Å²) >= 11 is 0. The van der Waals surface area contributed by atoms with Gasteiger partial charge in [-0.3, -0.25) is 4.90 Å². The van der Waals surface area contributed by atoms with Crippen molar-refractivity contribution in [1.29, 1.82) is 0 Å². The van der Waals surface area contributed by atoms with E-state index in [1.54, 1.807) is 0 Å². The van der Waals surface area contributed by atoms with Crippen LogP contribution in [0.5, 0.6) is 0 Å². The fourth-order valence-corrected chi connectivity index (χ4v) is 4.01. The molecular weight excluding hydrogens is 274 g/mol. The number of hydrogen-bond donors (Lipinski definition) is 0. The largest absolute Gasteiger partial charge is 0.377 e. The maximum Gasteiger partial charge on any atom is 0.113 e. The normalized spacial score (nSPS) is 26.6. The highest BCUT2D eigenvalue weighted by atomic mass is 16.5. The lowest BCUT2D eigenvalue weighted by Crippen LogP contribution is -2.50. The first-order chi connectivity index (χ1) is 10.9. The Labute approximate surface area is 131 Å². The van der Waals surface area contributed by atoms with Gasteiger partial charge < -0.3 is 9.30 Å². The topological polar surface area (TPSA) is 30.3 Å². The third-order valence-corrected chi connectivity index (χ3v) is 5.35. The second-order valence-corrected chi connectivity index (χ2v) is 7.11. The van der Waals surface area contributed by atoms with E-state index in [0.29, 0.717) is 18.1 Å². The average Bonchev–Trinajstić information content (AvgIpc) is 3.08. The molecular formula is C18H23N3O. The Kier molecular flexibility index (Phi) is 3.01. The molecule has 1 aliphatic carbocycles. The number of para-hydroxylation sites is 2. The first kappa shape index (κ1) is 13.1. The van der Waals surface area contributed by atoms with Gasteiger partial charge in [-0.1, -0.05) is 12.1 Å². The van der Waals surface area contributed by atoms with Crippen molar-refractivity contribution < 1.29 is 4.74 Å². The minimum absolute atomic E-state index is 0.475. The molecule has 116 valence electrons. The molecule has 3 heterocycles. The van der Waals surface area contributed by atoms with Gasteiger partial charge in [-0.25, -0.2) is 4.98 Å². The fraction of sp³-hybridized carbons (Fsp3) is 0.611. The number of nitrogens with zero attached hydrogens (tertiary/aromatic N) is 3. The summed E-state index contributed by atoms with van der Waals surface area (Å²) < 4.78 is 8.31. The molecule has 1 unspecified atom stereocenters. The maximum absolute atomic E-state index is 5.77. The van der Waals surface area contributed by atoms with Crippen molar-refractivity contribution in [1.82, 2.24) is 14.5 Å². The van der Waals surface area contributed by atoms with Crippen molar-refractivity contribution in [3.05, 3.63) is 30.1 Å². The van der Waals surface area contributed by atoms with Crippen molar-refractivity contribution in [3.63, 3.8) is 0 Å². The van der Waals surface area contributed by atoms with E-state index in [9.17, 15) is 0 Å². The van der Waals surface area contributed by atoms with Crippen LogP contribution in [-0.4, -0.2) is 46.8 Å². The molecule has 3 fully saturated rings. The molecule has 1 atom stereocenters. The summed E-state index contributed by atoms with van der Waals surface area (Å²) in [4.78, 5) is 7.47. The van der Waals surface area contributed by atoms with Crippen LogP contribution in [0.25, 0.3) is 11.0 Å². The molecule has 0 radical (unpaired) electrons. The van der Waals surface area contributed by atoms with Crippen LogP contribution >= 0.6 is 0 Å². The summed E-state index contributed by atoms with van der Waals surface area (Å²) in [5, 5.41) is 0. The highest BCUT2D eigenvalue weighted by Crippen LogP contribution is 2.42. The van der Waals surface area contributed by atoms with Crippen LogP contribution in [0.1, 0.15) is 43.5 Å². The zero-order valence-electron chi connectivity index (χ0n) is 12.9. The van der Waals surface area contributed by atoms with E-state index >= 15 is 0 Å². The molecule has 0 bridgehead atoms. The lowest BCUT2D eigenvalue weighted by Gasteiger charge is -2.42. The molecule has 0 N–H and O–H groups in total. The average molecular weight is 297 g/mol. The number of benzene rings is 1. The number of fused-ring (bicyclic) bond motifs is 1. The summed E-state index contributed by atoms with van der Waals surface area (Å²) in [5.41, 5.74) is 2.49. The van der Waals surface area contributed by atoms with Gasteiger partial charge in [0.15, 0.2) is 0 Å². The fourth-order valence-electron chi connectivity index (χ4n) is 4.01. The van der Waals surface area contributed by atoms with Crippen LogP contribution in [0.2, 0.25) is 0 Å². The van der Waals surface area contributed by atoms with Gasteiger partial charge in [-0.2, -0.15) is 0 Å². The van der Waals surface area contributed by atoms with Gasteiger partial charge in [0.05, 0.1) is 23.2 Å². The minimum Gasteiger partial charge on any atom is -0.377 e. The minimum atomic E-state index is 0.475. The van der Waals surface area contributed by atoms with Crippen LogP contribution in [0.3, 0.4) is 0 Å². The molecule has 1 saturated carbocycles. The predicted octanol–water partition coefficient (Wildman–Crippen LogP) is 2.95. The van der Waals surface area contributed by atoms with Crippen LogP contribution < -0.4 is 0 Å². The molecule has 0 amide bonds. The zero-order valence-corrected chi connectivity index (χ0v) is 12.9. The van der Waals surface area contributed by atoms with Crippen LogP contribution in [0.4, 0.5) is 0 Å². The summed E-state index contributed by atoms with van der Waals surface area (Å²) in [7, 11) is 0. The van der Waals surface area contributed by atoms with Crippen molar-refractivity contribution in [2.45, 2.75) is 43.7 Å². The Hall–Kier alpha value is -1.39. The van der Waals surface area contributed by atoms with Gasteiger partial charge in [-0.05, 0) is 37.8 Å². The highest BCUT2D eigenvalue weighted by Gasteiger charge is 2.37. The number of rotatable bonds is 4. The Morgan fingerprint density at radius 2 is 2.00 bits per heavy atom. The molecule has 1 aromatic carbocycles. The quantitative estimate of drug-likeness (QED) is 0.869. The predicted molar refractivity (Wildman–Crippen MR) is 86.2 cm³/mol. The van der Waals surface area contributed by atoms with Crippen LogP contribution in [-0.2, 0) is 4.74 Å². The van der Waals surface area contributed by atoms with Gasteiger partial charge in [0.1, 0.15) is 5.82 Å². The molecule has 22 heavy (non-hydrogen) atoms. The molecule has 5 rings (SSSR count). The van der Waals surface area contributed by atoms with E-state index in [4.69, 9.17) is 9.72 Å². The molecule has 2 aromatic rings. The number of imidazole rings is 1. The van der Waals surface area contributed by atoms with E-state index in [1.165, 1.54) is 42.5 Å². The molecule has 2 aliphatic heterocycles. The number of ether oxygens (including phenoxy) is 1. The Morgan fingerprint density at radius 1 is 1.14 bits per heavy atom. The SMILES string of the molecule is c1ccc2c(c1)nc(C1CC1)n2C1CN(CC2CCCO2)C1. The number of hydrogen-bond acceptors (Lipinski definition) is 3. The highest BCUT2D eigenvalue weighted by molar-refractivity contribution is 5.76. The zero-order chi connectivity index (χ0) is 14.5. The van der Waals surface area contributed by atoms with Gasteiger partial charge in [0.25, 0.3) is 0 Å². The summed E-state index contributed by atoms with van der Waals surface area (Å²) in [6.07, 6.45) is 5.58. The van der Waals surface area contributed by atoms with E-state index in [-0.39, 0.29) is 0 Å². The second-order valence-electron chi connectivity index (χ2n) is 7.11. The molecule has 0 spiro atoms. The van der Waals surface area contributed by atoms with Crippen LogP contribution in [0.15, 0.2) is 24.3 Å². The first-order valence-electron chi connectivity index (χ1n) is 8.69. The Bertz CT molecular complexity index is 679.